The Kier molecular flexibility index (Phi) is 9.08. The largest absolute Gasteiger partial charge is 0.480 e. The number of fused-ring (bicyclic) bond motifs is 1. The van der Waals surface area contributed by atoms with Crippen molar-refractivity contribution < 1.29 is 29.0 Å². The van der Waals surface area contributed by atoms with Gasteiger partial charge in [0.25, 0.3) is 0 Å². The van der Waals surface area contributed by atoms with E-state index in [1.165, 1.54) is 4.90 Å². The minimum Gasteiger partial charge on any atom is -0.480 e. The number of hydrogen-bond acceptors (Lipinski definition) is 6. The Bertz CT molecular complexity index is 910. The molecule has 0 aromatic heterocycles. The van der Waals surface area contributed by atoms with E-state index in [4.69, 9.17) is 4.74 Å². The van der Waals surface area contributed by atoms with Crippen molar-refractivity contribution in [3.8, 4) is 0 Å². The van der Waals surface area contributed by atoms with Crippen molar-refractivity contribution in [1.29, 1.82) is 0 Å². The molecule has 4 unspecified atom stereocenters. The number of piperidine rings is 1. The molecule has 10 nitrogen and oxygen atoms in total. The van der Waals surface area contributed by atoms with Crippen molar-refractivity contribution >= 4 is 23.9 Å². The SMILES string of the molecule is CCOC(=O)C(CCN[C@@H](C)C(=O)N1C(C(=O)O)CC2CCN(C(=O)NC)CC21)c1ccccc1. The van der Waals surface area contributed by atoms with Crippen LogP contribution in [0.1, 0.15) is 44.6 Å². The molecule has 10 heteroatoms. The Morgan fingerprint density at radius 3 is 2.54 bits per heavy atom. The van der Waals surface area contributed by atoms with Crippen molar-refractivity contribution in [2.24, 2.45) is 5.92 Å². The van der Waals surface area contributed by atoms with Crippen LogP contribution >= 0.6 is 0 Å². The molecule has 0 aliphatic carbocycles. The van der Waals surface area contributed by atoms with E-state index in [0.717, 1.165) is 5.56 Å². The van der Waals surface area contributed by atoms with Gasteiger partial charge in [0, 0.05) is 20.1 Å². The van der Waals surface area contributed by atoms with Crippen LogP contribution in [0.3, 0.4) is 0 Å². The van der Waals surface area contributed by atoms with Crippen LogP contribution in [0.2, 0.25) is 0 Å². The summed E-state index contributed by atoms with van der Waals surface area (Å²) in [7, 11) is 1.55. The molecule has 2 aliphatic rings. The minimum atomic E-state index is -1.03. The van der Waals surface area contributed by atoms with Crippen LogP contribution in [0.5, 0.6) is 0 Å². The van der Waals surface area contributed by atoms with E-state index >= 15 is 0 Å². The van der Waals surface area contributed by atoms with Crippen molar-refractivity contribution in [1.82, 2.24) is 20.4 Å². The highest BCUT2D eigenvalue weighted by atomic mass is 16.5. The molecular formula is C25H36N4O6. The normalized spacial score (nSPS) is 23.2. The first kappa shape index (κ1) is 26.5. The summed E-state index contributed by atoms with van der Waals surface area (Å²) < 4.78 is 5.24. The van der Waals surface area contributed by atoms with Gasteiger partial charge in [-0.25, -0.2) is 9.59 Å². The lowest BCUT2D eigenvalue weighted by atomic mass is 9.91. The number of benzene rings is 1. The maximum atomic E-state index is 13.4. The first-order chi connectivity index (χ1) is 16.8. The van der Waals surface area contributed by atoms with Crippen molar-refractivity contribution in [2.75, 3.05) is 33.3 Å². The monoisotopic (exact) mass is 488 g/mol. The molecule has 2 heterocycles. The van der Waals surface area contributed by atoms with Gasteiger partial charge in [0.15, 0.2) is 0 Å². The Hall–Kier alpha value is -3.14. The number of amides is 3. The lowest BCUT2D eigenvalue weighted by Gasteiger charge is -2.39. The predicted octanol–water partition coefficient (Wildman–Crippen LogP) is 1.42. The topological polar surface area (TPSA) is 128 Å². The molecule has 192 valence electrons. The van der Waals surface area contributed by atoms with E-state index in [0.29, 0.717) is 38.9 Å². The molecule has 3 N–H and O–H groups in total. The molecule has 1 aromatic carbocycles. The lowest BCUT2D eigenvalue weighted by molar-refractivity contribution is -0.150. The van der Waals surface area contributed by atoms with Gasteiger partial charge in [-0.3, -0.25) is 9.59 Å². The number of ether oxygens (including phenoxy) is 1. The van der Waals surface area contributed by atoms with E-state index in [9.17, 15) is 24.3 Å². The number of esters is 1. The number of rotatable bonds is 9. The van der Waals surface area contributed by atoms with Gasteiger partial charge in [-0.1, -0.05) is 30.3 Å². The van der Waals surface area contributed by atoms with Gasteiger partial charge >= 0.3 is 18.0 Å². The summed E-state index contributed by atoms with van der Waals surface area (Å²) >= 11 is 0. The van der Waals surface area contributed by atoms with E-state index in [1.807, 2.05) is 30.3 Å². The third kappa shape index (κ3) is 6.11. The summed E-state index contributed by atoms with van der Waals surface area (Å²) in [5.41, 5.74) is 0.844. The van der Waals surface area contributed by atoms with Crippen LogP contribution in [-0.4, -0.2) is 90.2 Å². The fourth-order valence-electron chi connectivity index (χ4n) is 5.18. The number of carboxylic acids is 1. The number of hydrogen-bond donors (Lipinski definition) is 3. The van der Waals surface area contributed by atoms with Crippen LogP contribution in [-0.2, 0) is 19.1 Å². The van der Waals surface area contributed by atoms with E-state index in [1.54, 1.807) is 25.8 Å². The second-order valence-corrected chi connectivity index (χ2v) is 9.13. The van der Waals surface area contributed by atoms with Crippen LogP contribution in [0.25, 0.3) is 0 Å². The quantitative estimate of drug-likeness (QED) is 0.449. The number of aliphatic carboxylic acids is 1. The van der Waals surface area contributed by atoms with E-state index < -0.39 is 24.0 Å². The highest BCUT2D eigenvalue weighted by Crippen LogP contribution is 2.36. The molecule has 3 amide bonds. The Labute approximate surface area is 206 Å². The van der Waals surface area contributed by atoms with E-state index in [2.05, 4.69) is 10.6 Å². The number of carboxylic acid groups (broad SMARTS) is 1. The van der Waals surface area contributed by atoms with Gasteiger partial charge in [0.2, 0.25) is 5.91 Å². The average Bonchev–Trinajstić information content (AvgIpc) is 3.25. The summed E-state index contributed by atoms with van der Waals surface area (Å²) in [6, 6.07) is 7.23. The van der Waals surface area contributed by atoms with Crippen LogP contribution < -0.4 is 10.6 Å². The molecule has 0 radical (unpaired) electrons. The van der Waals surface area contributed by atoms with Crippen molar-refractivity contribution in [3.63, 3.8) is 0 Å². The fourth-order valence-corrected chi connectivity index (χ4v) is 5.18. The van der Waals surface area contributed by atoms with Gasteiger partial charge in [0.05, 0.1) is 24.6 Å². The van der Waals surface area contributed by atoms with Gasteiger partial charge in [0.1, 0.15) is 6.04 Å². The summed E-state index contributed by atoms with van der Waals surface area (Å²) in [5.74, 6) is -2.08. The van der Waals surface area contributed by atoms with Gasteiger partial charge in [-0.15, -0.1) is 0 Å². The molecule has 0 bridgehead atoms. The molecule has 0 saturated carbocycles. The first-order valence-corrected chi connectivity index (χ1v) is 12.2. The van der Waals surface area contributed by atoms with Gasteiger partial charge < -0.3 is 30.3 Å². The molecule has 1 aromatic rings. The Balaban J connectivity index is 1.66. The maximum absolute atomic E-state index is 13.4. The highest BCUT2D eigenvalue weighted by Gasteiger charge is 2.50. The predicted molar refractivity (Wildman–Crippen MR) is 129 cm³/mol. The van der Waals surface area contributed by atoms with Crippen LogP contribution in [0.4, 0.5) is 4.79 Å². The zero-order chi connectivity index (χ0) is 25.5. The third-order valence-electron chi connectivity index (χ3n) is 7.01. The summed E-state index contributed by atoms with van der Waals surface area (Å²) in [5, 5.41) is 15.6. The standard InChI is InChI=1S/C25H36N4O6/c1-4-35-24(33)19(17-8-6-5-7-9-17)10-12-27-16(2)22(30)29-20(23(31)32)14-18-11-13-28(15-21(18)29)25(34)26-3/h5-9,16,18-21,27H,4,10-15H2,1-3H3,(H,26,34)(H,31,32)/t16-,18?,19?,20?,21?/m0/s1. The van der Waals surface area contributed by atoms with Crippen LogP contribution in [0.15, 0.2) is 30.3 Å². The molecule has 0 spiro atoms. The van der Waals surface area contributed by atoms with E-state index in [-0.39, 0.29) is 36.5 Å². The number of likely N-dealkylation sites (tertiary alicyclic amines) is 2. The number of carbonyl (C=O) groups excluding carboxylic acids is 3. The van der Waals surface area contributed by atoms with Crippen molar-refractivity contribution in [2.45, 2.75) is 57.2 Å². The van der Waals surface area contributed by atoms with Crippen molar-refractivity contribution in [3.05, 3.63) is 35.9 Å². The number of urea groups is 1. The summed E-state index contributed by atoms with van der Waals surface area (Å²) in [6.45, 7) is 4.97. The second-order valence-electron chi connectivity index (χ2n) is 9.13. The molecule has 5 atom stereocenters. The number of nitrogens with zero attached hydrogens (tertiary/aromatic N) is 2. The first-order valence-electron chi connectivity index (χ1n) is 12.2. The second kappa shape index (κ2) is 12.0. The molecule has 2 saturated heterocycles. The Morgan fingerprint density at radius 1 is 1.20 bits per heavy atom. The Morgan fingerprint density at radius 2 is 1.91 bits per heavy atom. The molecule has 3 rings (SSSR count). The summed E-state index contributed by atoms with van der Waals surface area (Å²) in [4.78, 5) is 53.2. The number of carbonyl (C=O) groups is 4. The zero-order valence-electron chi connectivity index (χ0n) is 20.6. The smallest absolute Gasteiger partial charge is 0.326 e. The summed E-state index contributed by atoms with van der Waals surface area (Å²) in [6.07, 6.45) is 1.48. The zero-order valence-corrected chi connectivity index (χ0v) is 20.6. The molecule has 2 fully saturated rings. The third-order valence-corrected chi connectivity index (χ3v) is 7.01. The fraction of sp³-hybridized carbons (Fsp3) is 0.600. The average molecular weight is 489 g/mol. The van der Waals surface area contributed by atoms with Gasteiger partial charge in [-0.05, 0) is 51.1 Å². The molecule has 35 heavy (non-hydrogen) atoms. The molecule has 2 aliphatic heterocycles. The maximum Gasteiger partial charge on any atom is 0.326 e. The molecular weight excluding hydrogens is 452 g/mol. The van der Waals surface area contributed by atoms with Gasteiger partial charge in [-0.2, -0.15) is 0 Å². The van der Waals surface area contributed by atoms with Crippen LogP contribution in [0, 0.1) is 5.92 Å². The highest BCUT2D eigenvalue weighted by molar-refractivity contribution is 5.88. The number of nitrogens with one attached hydrogen (secondary N) is 2. The lowest BCUT2D eigenvalue weighted by Crippen LogP contribution is -2.58. The minimum absolute atomic E-state index is 0.0411.